The maximum absolute atomic E-state index is 12.0. The fourth-order valence-corrected chi connectivity index (χ4v) is 1.58. The number of halogens is 1. The van der Waals surface area contributed by atoms with Crippen LogP contribution in [0.25, 0.3) is 0 Å². The fourth-order valence-electron chi connectivity index (χ4n) is 1.40. The van der Waals surface area contributed by atoms with Crippen LogP contribution >= 0.6 is 11.6 Å². The van der Waals surface area contributed by atoms with Gasteiger partial charge in [0, 0.05) is 17.1 Å². The van der Waals surface area contributed by atoms with Crippen molar-refractivity contribution in [3.8, 4) is 0 Å². The Labute approximate surface area is 105 Å². The largest absolute Gasteiger partial charge is 0.480 e. The molecule has 1 amide bonds. The summed E-state index contributed by atoms with van der Waals surface area (Å²) in [4.78, 5) is 23.8. The van der Waals surface area contributed by atoms with E-state index < -0.39 is 5.97 Å². The van der Waals surface area contributed by atoms with Crippen LogP contribution in [-0.4, -0.2) is 35.0 Å². The van der Waals surface area contributed by atoms with E-state index in [0.29, 0.717) is 17.1 Å². The summed E-state index contributed by atoms with van der Waals surface area (Å²) in [6.45, 7) is 3.61. The first-order chi connectivity index (χ1) is 7.95. The minimum Gasteiger partial charge on any atom is -0.480 e. The topological polar surface area (TPSA) is 57.6 Å². The average Bonchev–Trinajstić information content (AvgIpc) is 2.28. The molecule has 92 valence electrons. The number of aryl methyl sites for hydroxylation is 1. The van der Waals surface area contributed by atoms with Crippen LogP contribution in [-0.2, 0) is 4.79 Å². The fraction of sp³-hybridized carbons (Fsp3) is 0.333. The van der Waals surface area contributed by atoms with E-state index in [1.807, 2.05) is 6.92 Å². The van der Waals surface area contributed by atoms with Crippen LogP contribution in [0, 0.1) is 6.92 Å². The smallest absolute Gasteiger partial charge is 0.323 e. The van der Waals surface area contributed by atoms with Crippen molar-refractivity contribution in [2.45, 2.75) is 13.8 Å². The van der Waals surface area contributed by atoms with E-state index in [0.717, 1.165) is 5.56 Å². The number of nitrogens with zero attached hydrogens (tertiary/aromatic N) is 1. The third-order valence-corrected chi connectivity index (χ3v) is 2.82. The van der Waals surface area contributed by atoms with Crippen LogP contribution in [0.2, 0.25) is 5.02 Å². The summed E-state index contributed by atoms with van der Waals surface area (Å²) in [7, 11) is 0. The summed E-state index contributed by atoms with van der Waals surface area (Å²) < 4.78 is 0. The van der Waals surface area contributed by atoms with Crippen LogP contribution in [0.4, 0.5) is 0 Å². The molecular weight excluding hydrogens is 242 g/mol. The number of carboxylic acids is 1. The first-order valence-electron chi connectivity index (χ1n) is 5.23. The van der Waals surface area contributed by atoms with Crippen molar-refractivity contribution in [2.24, 2.45) is 0 Å². The highest BCUT2D eigenvalue weighted by Crippen LogP contribution is 2.17. The van der Waals surface area contributed by atoms with Gasteiger partial charge in [0.2, 0.25) is 0 Å². The van der Waals surface area contributed by atoms with Crippen molar-refractivity contribution in [3.63, 3.8) is 0 Å². The van der Waals surface area contributed by atoms with Crippen LogP contribution in [0.1, 0.15) is 22.8 Å². The molecule has 1 N–H and O–H groups in total. The predicted octanol–water partition coefficient (Wildman–Crippen LogP) is 2.20. The Morgan fingerprint density at radius 1 is 1.41 bits per heavy atom. The molecule has 0 saturated heterocycles. The summed E-state index contributed by atoms with van der Waals surface area (Å²) in [5.74, 6) is -1.35. The standard InChI is InChI=1S/C12H14ClNO3/c1-3-14(7-11(15)16)12(17)9-5-4-8(2)10(13)6-9/h4-6H,3,7H2,1-2H3,(H,15,16). The van der Waals surface area contributed by atoms with Crippen molar-refractivity contribution in [1.29, 1.82) is 0 Å². The van der Waals surface area contributed by atoms with Gasteiger partial charge < -0.3 is 10.0 Å². The van der Waals surface area contributed by atoms with Gasteiger partial charge in [0.25, 0.3) is 5.91 Å². The number of carbonyl (C=O) groups excluding carboxylic acids is 1. The van der Waals surface area contributed by atoms with E-state index in [4.69, 9.17) is 16.7 Å². The van der Waals surface area contributed by atoms with Gasteiger partial charge in [-0.3, -0.25) is 9.59 Å². The molecule has 0 saturated carbocycles. The number of benzene rings is 1. The number of rotatable bonds is 4. The van der Waals surface area contributed by atoms with Crippen LogP contribution in [0.3, 0.4) is 0 Å². The lowest BCUT2D eigenvalue weighted by Crippen LogP contribution is -2.35. The summed E-state index contributed by atoms with van der Waals surface area (Å²) >= 11 is 5.92. The van der Waals surface area contributed by atoms with E-state index in [2.05, 4.69) is 0 Å². The Bertz CT molecular complexity index is 445. The van der Waals surface area contributed by atoms with E-state index in [9.17, 15) is 9.59 Å². The third-order valence-electron chi connectivity index (χ3n) is 2.41. The number of hydrogen-bond acceptors (Lipinski definition) is 2. The van der Waals surface area contributed by atoms with Crippen LogP contribution in [0.15, 0.2) is 18.2 Å². The van der Waals surface area contributed by atoms with Crippen molar-refractivity contribution in [1.82, 2.24) is 4.90 Å². The van der Waals surface area contributed by atoms with Gasteiger partial charge in [0.1, 0.15) is 6.54 Å². The molecule has 0 radical (unpaired) electrons. The van der Waals surface area contributed by atoms with Gasteiger partial charge in [0.05, 0.1) is 0 Å². The second-order valence-corrected chi connectivity index (χ2v) is 4.08. The molecule has 0 aliphatic carbocycles. The molecule has 1 rings (SSSR count). The molecule has 17 heavy (non-hydrogen) atoms. The number of hydrogen-bond donors (Lipinski definition) is 1. The van der Waals surface area contributed by atoms with E-state index in [1.54, 1.807) is 25.1 Å². The summed E-state index contributed by atoms with van der Waals surface area (Å²) in [5.41, 5.74) is 1.29. The first kappa shape index (κ1) is 13.5. The maximum atomic E-state index is 12.0. The van der Waals surface area contributed by atoms with Crippen LogP contribution in [0.5, 0.6) is 0 Å². The molecule has 0 bridgehead atoms. The first-order valence-corrected chi connectivity index (χ1v) is 5.60. The Balaban J connectivity index is 2.93. The summed E-state index contributed by atoms with van der Waals surface area (Å²) in [6.07, 6.45) is 0. The molecule has 5 heteroatoms. The Hall–Kier alpha value is -1.55. The Morgan fingerprint density at radius 3 is 2.53 bits per heavy atom. The molecule has 4 nitrogen and oxygen atoms in total. The van der Waals surface area contributed by atoms with Crippen molar-refractivity contribution >= 4 is 23.5 Å². The van der Waals surface area contributed by atoms with Crippen molar-refractivity contribution in [3.05, 3.63) is 34.3 Å². The summed E-state index contributed by atoms with van der Waals surface area (Å²) in [6, 6.07) is 4.95. The number of amides is 1. The molecule has 0 aliphatic rings. The van der Waals surface area contributed by atoms with Gasteiger partial charge in [-0.15, -0.1) is 0 Å². The molecule has 0 heterocycles. The maximum Gasteiger partial charge on any atom is 0.323 e. The lowest BCUT2D eigenvalue weighted by Gasteiger charge is -2.18. The zero-order valence-electron chi connectivity index (χ0n) is 9.74. The second kappa shape index (κ2) is 5.68. The van der Waals surface area contributed by atoms with E-state index >= 15 is 0 Å². The van der Waals surface area contributed by atoms with Gasteiger partial charge in [-0.2, -0.15) is 0 Å². The Kier molecular flexibility index (Phi) is 4.52. The zero-order valence-corrected chi connectivity index (χ0v) is 10.5. The molecular formula is C12H14ClNO3. The van der Waals surface area contributed by atoms with E-state index in [1.165, 1.54) is 4.90 Å². The molecule has 0 atom stereocenters. The van der Waals surface area contributed by atoms with Gasteiger partial charge in [-0.1, -0.05) is 17.7 Å². The van der Waals surface area contributed by atoms with Crippen LogP contribution < -0.4 is 0 Å². The number of carboxylic acid groups (broad SMARTS) is 1. The highest BCUT2D eigenvalue weighted by atomic mass is 35.5. The second-order valence-electron chi connectivity index (χ2n) is 3.68. The minimum atomic E-state index is -1.03. The molecule has 1 aromatic carbocycles. The summed E-state index contributed by atoms with van der Waals surface area (Å²) in [5, 5.41) is 9.19. The van der Waals surface area contributed by atoms with Gasteiger partial charge in [-0.25, -0.2) is 0 Å². The number of carbonyl (C=O) groups is 2. The normalized spacial score (nSPS) is 10.1. The average molecular weight is 256 g/mol. The molecule has 0 spiro atoms. The van der Waals surface area contributed by atoms with E-state index in [-0.39, 0.29) is 12.5 Å². The molecule has 0 unspecified atom stereocenters. The van der Waals surface area contributed by atoms with Gasteiger partial charge in [-0.05, 0) is 31.5 Å². The molecule has 0 aromatic heterocycles. The molecule has 1 aromatic rings. The minimum absolute atomic E-state index is 0.305. The SMILES string of the molecule is CCN(CC(=O)O)C(=O)c1ccc(C)c(Cl)c1. The molecule has 0 fully saturated rings. The van der Waals surface area contributed by atoms with Gasteiger partial charge in [0.15, 0.2) is 0 Å². The lowest BCUT2D eigenvalue weighted by atomic mass is 10.1. The van der Waals surface area contributed by atoms with Crippen molar-refractivity contribution in [2.75, 3.05) is 13.1 Å². The number of likely N-dealkylation sites (N-methyl/N-ethyl adjacent to an activating group) is 1. The molecule has 0 aliphatic heterocycles. The zero-order chi connectivity index (χ0) is 13.0. The number of aliphatic carboxylic acids is 1. The Morgan fingerprint density at radius 2 is 2.06 bits per heavy atom. The highest BCUT2D eigenvalue weighted by Gasteiger charge is 2.17. The predicted molar refractivity (Wildman–Crippen MR) is 65.4 cm³/mol. The van der Waals surface area contributed by atoms with Crippen molar-refractivity contribution < 1.29 is 14.7 Å². The third kappa shape index (κ3) is 3.46. The monoisotopic (exact) mass is 255 g/mol. The quantitative estimate of drug-likeness (QED) is 0.897. The highest BCUT2D eigenvalue weighted by molar-refractivity contribution is 6.31. The van der Waals surface area contributed by atoms with Gasteiger partial charge >= 0.3 is 5.97 Å². The lowest BCUT2D eigenvalue weighted by molar-refractivity contribution is -0.137.